The van der Waals surface area contributed by atoms with Crippen LogP contribution in [-0.4, -0.2) is 23.3 Å². The summed E-state index contributed by atoms with van der Waals surface area (Å²) in [5, 5.41) is 5.64. The first-order valence-electron chi connectivity index (χ1n) is 9.03. The van der Waals surface area contributed by atoms with Gasteiger partial charge in [-0.3, -0.25) is 9.59 Å². The number of pyridine rings is 1. The molecule has 0 aliphatic heterocycles. The van der Waals surface area contributed by atoms with Crippen LogP contribution in [0.3, 0.4) is 0 Å². The van der Waals surface area contributed by atoms with Crippen molar-refractivity contribution in [3.05, 3.63) is 94.6 Å². The SMILES string of the molecule is O=C(CNC(=O)c1ccccc1Cl)NCc1ccnc(OCc2ccccc2)c1. The Balaban J connectivity index is 1.45. The molecular formula is C22H20ClN3O3. The lowest BCUT2D eigenvalue weighted by Gasteiger charge is -2.09. The highest BCUT2D eigenvalue weighted by atomic mass is 35.5. The molecule has 29 heavy (non-hydrogen) atoms. The minimum atomic E-state index is -0.397. The molecule has 0 aliphatic carbocycles. The van der Waals surface area contributed by atoms with E-state index < -0.39 is 5.91 Å². The number of aromatic nitrogens is 1. The van der Waals surface area contributed by atoms with Crippen molar-refractivity contribution in [3.8, 4) is 5.88 Å². The van der Waals surface area contributed by atoms with Crippen LogP contribution in [-0.2, 0) is 17.9 Å². The number of hydrogen-bond donors (Lipinski definition) is 2. The monoisotopic (exact) mass is 409 g/mol. The highest BCUT2D eigenvalue weighted by Gasteiger charge is 2.11. The summed E-state index contributed by atoms with van der Waals surface area (Å²) in [4.78, 5) is 28.3. The number of halogens is 1. The van der Waals surface area contributed by atoms with Gasteiger partial charge >= 0.3 is 0 Å². The van der Waals surface area contributed by atoms with Crippen molar-refractivity contribution in [2.24, 2.45) is 0 Å². The van der Waals surface area contributed by atoms with Crippen LogP contribution >= 0.6 is 11.6 Å². The number of carbonyl (C=O) groups is 2. The number of benzene rings is 2. The van der Waals surface area contributed by atoms with E-state index in [1.165, 1.54) is 0 Å². The summed E-state index contributed by atoms with van der Waals surface area (Å²) in [6.07, 6.45) is 1.63. The third-order valence-electron chi connectivity index (χ3n) is 4.05. The van der Waals surface area contributed by atoms with E-state index in [0.29, 0.717) is 29.6 Å². The first-order valence-corrected chi connectivity index (χ1v) is 9.40. The summed E-state index contributed by atoms with van der Waals surface area (Å²) in [6.45, 7) is 0.565. The Hall–Kier alpha value is -3.38. The van der Waals surface area contributed by atoms with Gasteiger partial charge in [-0.1, -0.05) is 54.1 Å². The largest absolute Gasteiger partial charge is 0.473 e. The van der Waals surface area contributed by atoms with Crippen molar-refractivity contribution >= 4 is 23.4 Å². The van der Waals surface area contributed by atoms with Gasteiger partial charge in [0.1, 0.15) is 6.61 Å². The molecule has 2 N–H and O–H groups in total. The lowest BCUT2D eigenvalue weighted by molar-refractivity contribution is -0.120. The number of rotatable bonds is 8. The van der Waals surface area contributed by atoms with E-state index >= 15 is 0 Å². The summed E-state index contributed by atoms with van der Waals surface area (Å²) < 4.78 is 5.69. The summed E-state index contributed by atoms with van der Waals surface area (Å²) in [5.41, 5.74) is 2.22. The Kier molecular flexibility index (Phi) is 7.19. The second-order valence-electron chi connectivity index (χ2n) is 6.22. The van der Waals surface area contributed by atoms with E-state index in [9.17, 15) is 9.59 Å². The van der Waals surface area contributed by atoms with Crippen LogP contribution in [0.2, 0.25) is 5.02 Å². The Morgan fingerprint density at radius 2 is 1.69 bits per heavy atom. The summed E-state index contributed by atoms with van der Waals surface area (Å²) >= 11 is 5.98. The molecule has 2 aromatic carbocycles. The molecular weight excluding hydrogens is 390 g/mol. The van der Waals surface area contributed by atoms with E-state index in [4.69, 9.17) is 16.3 Å². The number of nitrogens with zero attached hydrogens (tertiary/aromatic N) is 1. The molecule has 7 heteroatoms. The quantitative estimate of drug-likeness (QED) is 0.597. The molecule has 0 saturated heterocycles. The number of carbonyl (C=O) groups excluding carboxylic acids is 2. The molecule has 0 unspecified atom stereocenters. The molecule has 0 aliphatic rings. The minimum Gasteiger partial charge on any atom is -0.473 e. The average molecular weight is 410 g/mol. The topological polar surface area (TPSA) is 80.3 Å². The van der Waals surface area contributed by atoms with Crippen LogP contribution in [0.25, 0.3) is 0 Å². The van der Waals surface area contributed by atoms with Crippen molar-refractivity contribution in [3.63, 3.8) is 0 Å². The summed E-state index contributed by atoms with van der Waals surface area (Å²) in [6, 6.07) is 20.0. The van der Waals surface area contributed by atoms with Crippen LogP contribution in [0, 0.1) is 0 Å². The Morgan fingerprint density at radius 3 is 2.48 bits per heavy atom. The molecule has 0 radical (unpaired) electrons. The highest BCUT2D eigenvalue weighted by Crippen LogP contribution is 2.14. The second kappa shape index (κ2) is 10.2. The molecule has 0 saturated carbocycles. The molecule has 6 nitrogen and oxygen atoms in total. The lowest BCUT2D eigenvalue weighted by atomic mass is 10.2. The van der Waals surface area contributed by atoms with Gasteiger partial charge in [-0.05, 0) is 29.3 Å². The third kappa shape index (κ3) is 6.33. The first kappa shape index (κ1) is 20.4. The van der Waals surface area contributed by atoms with Gasteiger partial charge < -0.3 is 15.4 Å². The van der Waals surface area contributed by atoms with Crippen molar-refractivity contribution in [1.82, 2.24) is 15.6 Å². The lowest BCUT2D eigenvalue weighted by Crippen LogP contribution is -2.36. The fraction of sp³-hybridized carbons (Fsp3) is 0.136. The Labute approximate surface area is 173 Å². The van der Waals surface area contributed by atoms with Gasteiger partial charge in [-0.15, -0.1) is 0 Å². The zero-order chi connectivity index (χ0) is 20.5. The summed E-state index contributed by atoms with van der Waals surface area (Å²) in [5.74, 6) is -0.229. The minimum absolute atomic E-state index is 0.146. The zero-order valence-electron chi connectivity index (χ0n) is 15.6. The van der Waals surface area contributed by atoms with Crippen LogP contribution in [0.1, 0.15) is 21.5 Å². The van der Waals surface area contributed by atoms with Gasteiger partial charge in [0.05, 0.1) is 17.1 Å². The van der Waals surface area contributed by atoms with E-state index in [0.717, 1.165) is 11.1 Å². The third-order valence-corrected chi connectivity index (χ3v) is 4.38. The highest BCUT2D eigenvalue weighted by molar-refractivity contribution is 6.33. The summed E-state index contributed by atoms with van der Waals surface area (Å²) in [7, 11) is 0. The smallest absolute Gasteiger partial charge is 0.253 e. The van der Waals surface area contributed by atoms with Gasteiger partial charge in [0.15, 0.2) is 0 Å². The number of hydrogen-bond acceptors (Lipinski definition) is 4. The maximum absolute atomic E-state index is 12.1. The van der Waals surface area contributed by atoms with Gasteiger partial charge in [-0.2, -0.15) is 0 Å². The molecule has 0 spiro atoms. The Bertz CT molecular complexity index is 980. The van der Waals surface area contributed by atoms with Gasteiger partial charge in [-0.25, -0.2) is 4.98 Å². The Morgan fingerprint density at radius 1 is 0.931 bits per heavy atom. The standard InChI is InChI=1S/C22H20ClN3O3/c23-19-9-5-4-8-18(19)22(28)26-14-20(27)25-13-17-10-11-24-21(12-17)29-15-16-6-2-1-3-7-16/h1-12H,13-15H2,(H,25,27)(H,26,28). The van der Waals surface area contributed by atoms with Gasteiger partial charge in [0.2, 0.25) is 11.8 Å². The van der Waals surface area contributed by atoms with Crippen LogP contribution in [0.5, 0.6) is 5.88 Å². The van der Waals surface area contributed by atoms with Crippen molar-refractivity contribution in [2.75, 3.05) is 6.54 Å². The zero-order valence-corrected chi connectivity index (χ0v) is 16.4. The van der Waals surface area contributed by atoms with Crippen molar-refractivity contribution in [2.45, 2.75) is 13.2 Å². The molecule has 3 aromatic rings. The fourth-order valence-electron chi connectivity index (χ4n) is 2.54. The normalized spacial score (nSPS) is 10.2. The van der Waals surface area contributed by atoms with E-state index in [-0.39, 0.29) is 12.5 Å². The predicted octanol–water partition coefficient (Wildman–Crippen LogP) is 3.36. The first-order chi connectivity index (χ1) is 14.1. The van der Waals surface area contributed by atoms with E-state index in [1.54, 1.807) is 42.6 Å². The molecule has 0 fully saturated rings. The van der Waals surface area contributed by atoms with E-state index in [2.05, 4.69) is 15.6 Å². The fourth-order valence-corrected chi connectivity index (χ4v) is 2.76. The average Bonchev–Trinajstić information content (AvgIpc) is 2.76. The molecule has 148 valence electrons. The molecule has 3 rings (SSSR count). The molecule has 2 amide bonds. The second-order valence-corrected chi connectivity index (χ2v) is 6.62. The molecule has 1 heterocycles. The van der Waals surface area contributed by atoms with E-state index in [1.807, 2.05) is 30.3 Å². The molecule has 0 bridgehead atoms. The van der Waals surface area contributed by atoms with Crippen molar-refractivity contribution < 1.29 is 14.3 Å². The maximum atomic E-state index is 12.1. The number of amides is 2. The van der Waals surface area contributed by atoms with Crippen LogP contribution in [0.15, 0.2) is 72.9 Å². The van der Waals surface area contributed by atoms with Crippen molar-refractivity contribution in [1.29, 1.82) is 0 Å². The molecule has 1 aromatic heterocycles. The van der Waals surface area contributed by atoms with Gasteiger partial charge in [0.25, 0.3) is 5.91 Å². The molecule has 0 atom stereocenters. The van der Waals surface area contributed by atoms with Crippen LogP contribution in [0.4, 0.5) is 0 Å². The predicted molar refractivity (Wildman–Crippen MR) is 111 cm³/mol. The maximum Gasteiger partial charge on any atom is 0.253 e. The number of ether oxygens (including phenoxy) is 1. The number of nitrogens with one attached hydrogen (secondary N) is 2. The van der Waals surface area contributed by atoms with Crippen LogP contribution < -0.4 is 15.4 Å². The van der Waals surface area contributed by atoms with Gasteiger partial charge in [0, 0.05) is 18.8 Å².